The van der Waals surface area contributed by atoms with Gasteiger partial charge in [-0.1, -0.05) is 43.9 Å². The van der Waals surface area contributed by atoms with Gasteiger partial charge in [-0.2, -0.15) is 11.8 Å². The van der Waals surface area contributed by atoms with Gasteiger partial charge in [-0.15, -0.1) is 0 Å². The SMILES string of the molecule is CN=C(NCCCCCCCCN=C(N)NCCSCc1nc[nH]c1C)NC(=O)c1ccccc1. The molecule has 10 heteroatoms. The maximum Gasteiger partial charge on any atom is 0.257 e. The number of thioether (sulfide) groups is 1. The Kier molecular flexibility index (Phi) is 14.1. The Morgan fingerprint density at radius 2 is 1.80 bits per heavy atom. The molecule has 0 radical (unpaired) electrons. The lowest BCUT2D eigenvalue weighted by Gasteiger charge is -2.10. The molecule has 1 amide bonds. The molecule has 0 fully saturated rings. The van der Waals surface area contributed by atoms with Crippen LogP contribution in [0.4, 0.5) is 0 Å². The van der Waals surface area contributed by atoms with Gasteiger partial charge in [0.1, 0.15) is 0 Å². The van der Waals surface area contributed by atoms with E-state index in [2.05, 4.69) is 35.9 Å². The highest BCUT2D eigenvalue weighted by Gasteiger charge is 2.07. The molecule has 9 nitrogen and oxygen atoms in total. The Hall–Kier alpha value is -3.01. The van der Waals surface area contributed by atoms with E-state index in [1.165, 1.54) is 12.8 Å². The minimum atomic E-state index is -0.156. The molecule has 0 aliphatic rings. The lowest BCUT2D eigenvalue weighted by molar-refractivity contribution is 0.0975. The molecule has 0 bridgehead atoms. The van der Waals surface area contributed by atoms with Crippen molar-refractivity contribution in [1.82, 2.24) is 25.9 Å². The number of aryl methyl sites for hydroxylation is 1. The van der Waals surface area contributed by atoms with E-state index in [-0.39, 0.29) is 5.91 Å². The standard InChI is InChI=1S/C25H40N8OS/c1-20-22(32-19-31-20)18-35-17-16-29-24(26)28-14-10-5-3-4-6-11-15-30-25(27-2)33-23(34)21-12-8-7-9-13-21/h7-9,12-13,19H,3-6,10-11,14-18H2,1-2H3,(H,31,32)(H3,26,28,29)(H2,27,30,33,34). The number of hydrogen-bond acceptors (Lipinski definition) is 5. The normalized spacial score (nSPS) is 11.9. The van der Waals surface area contributed by atoms with Gasteiger partial charge in [0, 0.05) is 49.4 Å². The first-order valence-corrected chi connectivity index (χ1v) is 13.4. The van der Waals surface area contributed by atoms with Gasteiger partial charge in [-0.25, -0.2) is 4.98 Å². The van der Waals surface area contributed by atoms with Crippen LogP contribution in [0.1, 0.15) is 60.3 Å². The monoisotopic (exact) mass is 500 g/mol. The summed E-state index contributed by atoms with van der Waals surface area (Å²) in [5, 5.41) is 9.19. The fourth-order valence-corrected chi connectivity index (χ4v) is 4.18. The second-order valence-electron chi connectivity index (χ2n) is 8.16. The number of guanidine groups is 2. The number of aliphatic imine (C=N–C) groups is 2. The van der Waals surface area contributed by atoms with Crippen molar-refractivity contribution in [1.29, 1.82) is 0 Å². The van der Waals surface area contributed by atoms with Crippen molar-refractivity contribution in [2.75, 3.05) is 32.4 Å². The van der Waals surface area contributed by atoms with E-state index >= 15 is 0 Å². The average molecular weight is 501 g/mol. The van der Waals surface area contributed by atoms with Crippen LogP contribution in [-0.2, 0) is 5.75 Å². The summed E-state index contributed by atoms with van der Waals surface area (Å²) in [7, 11) is 1.67. The van der Waals surface area contributed by atoms with Crippen molar-refractivity contribution in [3.05, 3.63) is 53.6 Å². The van der Waals surface area contributed by atoms with Gasteiger partial charge in [0.2, 0.25) is 0 Å². The van der Waals surface area contributed by atoms with Gasteiger partial charge < -0.3 is 21.4 Å². The van der Waals surface area contributed by atoms with Crippen LogP contribution in [0, 0.1) is 6.92 Å². The molecule has 0 saturated heterocycles. The Morgan fingerprint density at radius 3 is 2.51 bits per heavy atom. The van der Waals surface area contributed by atoms with Crippen LogP contribution in [0.5, 0.6) is 0 Å². The van der Waals surface area contributed by atoms with Crippen LogP contribution in [-0.4, -0.2) is 60.2 Å². The molecule has 0 unspecified atom stereocenters. The topological polar surface area (TPSA) is 133 Å². The second-order valence-corrected chi connectivity index (χ2v) is 9.27. The summed E-state index contributed by atoms with van der Waals surface area (Å²) in [4.78, 5) is 28.1. The van der Waals surface area contributed by atoms with Crippen LogP contribution >= 0.6 is 11.8 Å². The number of imidazole rings is 1. The van der Waals surface area contributed by atoms with E-state index in [9.17, 15) is 4.79 Å². The van der Waals surface area contributed by atoms with Crippen molar-refractivity contribution < 1.29 is 4.79 Å². The van der Waals surface area contributed by atoms with E-state index < -0.39 is 0 Å². The highest BCUT2D eigenvalue weighted by Crippen LogP contribution is 2.11. The zero-order valence-electron chi connectivity index (χ0n) is 21.0. The lowest BCUT2D eigenvalue weighted by Crippen LogP contribution is -2.41. The third kappa shape index (κ3) is 12.3. The number of amides is 1. The van der Waals surface area contributed by atoms with Gasteiger partial charge in [0.05, 0.1) is 12.0 Å². The van der Waals surface area contributed by atoms with E-state index in [1.807, 2.05) is 36.9 Å². The number of rotatable bonds is 15. The summed E-state index contributed by atoms with van der Waals surface area (Å²) >= 11 is 1.83. The van der Waals surface area contributed by atoms with Crippen LogP contribution in [0.2, 0.25) is 0 Å². The van der Waals surface area contributed by atoms with Gasteiger partial charge >= 0.3 is 0 Å². The van der Waals surface area contributed by atoms with Crippen molar-refractivity contribution in [3.63, 3.8) is 0 Å². The first-order chi connectivity index (χ1) is 17.1. The number of unbranched alkanes of at least 4 members (excludes halogenated alkanes) is 5. The number of H-pyrrole nitrogens is 1. The molecule has 0 saturated carbocycles. The summed E-state index contributed by atoms with van der Waals surface area (Å²) in [6, 6.07) is 9.14. The maximum absolute atomic E-state index is 12.2. The largest absolute Gasteiger partial charge is 0.370 e. The van der Waals surface area contributed by atoms with Gasteiger partial charge in [0.15, 0.2) is 11.9 Å². The molecule has 1 heterocycles. The van der Waals surface area contributed by atoms with E-state index in [4.69, 9.17) is 5.73 Å². The van der Waals surface area contributed by atoms with Crippen LogP contribution < -0.4 is 21.7 Å². The number of hydrogen-bond donors (Lipinski definition) is 5. The molecular formula is C25H40N8OS. The minimum Gasteiger partial charge on any atom is -0.370 e. The Labute approximate surface area is 213 Å². The average Bonchev–Trinajstić information content (AvgIpc) is 3.29. The van der Waals surface area contributed by atoms with Crippen molar-refractivity contribution in [2.24, 2.45) is 15.7 Å². The van der Waals surface area contributed by atoms with Gasteiger partial charge in [-0.05, 0) is 31.9 Å². The molecule has 0 aliphatic heterocycles. The number of carbonyl (C=O) groups excluding carboxylic acids is 1. The van der Waals surface area contributed by atoms with Gasteiger partial charge in [0.25, 0.3) is 5.91 Å². The van der Waals surface area contributed by atoms with E-state index in [0.29, 0.717) is 17.5 Å². The maximum atomic E-state index is 12.2. The minimum absolute atomic E-state index is 0.156. The quantitative estimate of drug-likeness (QED) is 0.145. The summed E-state index contributed by atoms with van der Waals surface area (Å²) in [6.45, 7) is 4.39. The molecule has 2 rings (SSSR count). The summed E-state index contributed by atoms with van der Waals surface area (Å²) in [6.07, 6.45) is 8.47. The molecule has 192 valence electrons. The Balaban J connectivity index is 1.40. The number of benzene rings is 1. The number of carbonyl (C=O) groups is 1. The Morgan fingerprint density at radius 1 is 1.06 bits per heavy atom. The third-order valence-corrected chi connectivity index (χ3v) is 6.35. The highest BCUT2D eigenvalue weighted by molar-refractivity contribution is 7.98. The van der Waals surface area contributed by atoms with Crippen LogP contribution in [0.3, 0.4) is 0 Å². The first kappa shape index (κ1) is 28.2. The first-order valence-electron chi connectivity index (χ1n) is 12.3. The molecule has 2 aromatic rings. The molecule has 1 aromatic carbocycles. The summed E-state index contributed by atoms with van der Waals surface area (Å²) < 4.78 is 0. The molecule has 35 heavy (non-hydrogen) atoms. The zero-order chi connectivity index (χ0) is 25.1. The van der Waals surface area contributed by atoms with Crippen LogP contribution in [0.25, 0.3) is 0 Å². The fraction of sp³-hybridized carbons (Fsp3) is 0.520. The number of nitrogens with two attached hydrogens (primary N) is 1. The summed E-state index contributed by atoms with van der Waals surface area (Å²) in [5.74, 6) is 2.75. The van der Waals surface area contributed by atoms with Crippen molar-refractivity contribution in [2.45, 2.75) is 51.2 Å². The second kappa shape index (κ2) is 17.4. The van der Waals surface area contributed by atoms with E-state index in [1.54, 1.807) is 25.5 Å². The highest BCUT2D eigenvalue weighted by atomic mass is 32.2. The van der Waals surface area contributed by atoms with E-state index in [0.717, 1.165) is 68.2 Å². The number of nitrogens with zero attached hydrogens (tertiary/aromatic N) is 3. The molecule has 0 atom stereocenters. The van der Waals surface area contributed by atoms with Crippen LogP contribution in [0.15, 0.2) is 46.6 Å². The third-order valence-electron chi connectivity index (χ3n) is 5.38. The molecule has 0 spiro atoms. The smallest absolute Gasteiger partial charge is 0.257 e. The number of aromatic nitrogens is 2. The van der Waals surface area contributed by atoms with Gasteiger partial charge in [-0.3, -0.25) is 20.1 Å². The number of aromatic amines is 1. The predicted molar refractivity (Wildman–Crippen MR) is 147 cm³/mol. The fourth-order valence-electron chi connectivity index (χ4n) is 3.31. The van der Waals surface area contributed by atoms with Crippen molar-refractivity contribution in [3.8, 4) is 0 Å². The molecule has 6 N–H and O–H groups in total. The lowest BCUT2D eigenvalue weighted by atomic mass is 10.1. The molecular weight excluding hydrogens is 460 g/mol. The number of nitrogens with one attached hydrogen (secondary N) is 4. The van der Waals surface area contributed by atoms with Crippen molar-refractivity contribution >= 4 is 29.6 Å². The zero-order valence-corrected chi connectivity index (χ0v) is 21.8. The summed E-state index contributed by atoms with van der Waals surface area (Å²) in [5.41, 5.74) is 8.80. The Bertz CT molecular complexity index is 913. The predicted octanol–water partition coefficient (Wildman–Crippen LogP) is 3.20. The molecule has 0 aliphatic carbocycles. The molecule has 1 aromatic heterocycles.